The van der Waals surface area contributed by atoms with Gasteiger partial charge in [-0.2, -0.15) is 0 Å². The fourth-order valence-corrected chi connectivity index (χ4v) is 3.04. The Balaban J connectivity index is 2.40. The molecule has 3 nitrogen and oxygen atoms in total. The molecule has 1 atom stereocenters. The predicted octanol–water partition coefficient (Wildman–Crippen LogP) is 3.37. The number of ether oxygens (including phenoxy) is 2. The van der Waals surface area contributed by atoms with Crippen molar-refractivity contribution in [2.75, 3.05) is 20.8 Å². The van der Waals surface area contributed by atoms with Crippen LogP contribution in [0.2, 0.25) is 0 Å². The Morgan fingerprint density at radius 2 is 1.94 bits per heavy atom. The first-order valence-electron chi connectivity index (χ1n) is 5.58. The van der Waals surface area contributed by atoms with Gasteiger partial charge in [-0.3, -0.25) is 0 Å². The zero-order valence-corrected chi connectivity index (χ0v) is 11.5. The Kier molecular flexibility index (Phi) is 4.42. The van der Waals surface area contributed by atoms with Gasteiger partial charge in [-0.15, -0.1) is 0 Å². The van der Waals surface area contributed by atoms with E-state index >= 15 is 0 Å². The fraction of sp³-hybridized carbons (Fsp3) is 0.500. The van der Waals surface area contributed by atoms with Gasteiger partial charge in [0.05, 0.1) is 14.2 Å². The Labute approximate surface area is 110 Å². The number of benzene rings is 1. The second-order valence-corrected chi connectivity index (χ2v) is 5.01. The zero-order valence-electron chi connectivity index (χ0n) is 9.96. The molecule has 0 amide bonds. The molecule has 0 aromatic heterocycles. The van der Waals surface area contributed by atoms with Crippen LogP contribution in [0.15, 0.2) is 17.0 Å². The molecule has 0 bridgehead atoms. The van der Waals surface area contributed by atoms with Gasteiger partial charge < -0.3 is 14.8 Å². The molecule has 94 valence electrons. The van der Waals surface area contributed by atoms with Crippen LogP contribution >= 0.6 is 21.7 Å². The van der Waals surface area contributed by atoms with Gasteiger partial charge in [-0.05, 0) is 58.7 Å². The van der Waals surface area contributed by atoms with Crippen LogP contribution in [-0.4, -0.2) is 20.8 Å². The summed E-state index contributed by atoms with van der Waals surface area (Å²) in [5.41, 5.74) is 1.20. The highest BCUT2D eigenvalue weighted by Gasteiger charge is 2.20. The molecule has 1 N–H and O–H groups in total. The molecule has 1 aliphatic rings. The van der Waals surface area contributed by atoms with E-state index in [1.54, 1.807) is 14.2 Å². The van der Waals surface area contributed by atoms with Gasteiger partial charge in [0.1, 0.15) is 16.4 Å². The standard InChI is InChI=1S/C12H16ClNO2S/c1-15-10-6-8(9-4-3-5-14-9)7-11(16-2)12(10)17-13/h6-7,9,14H,3-5H2,1-2H3. The lowest BCUT2D eigenvalue weighted by atomic mass is 10.0. The summed E-state index contributed by atoms with van der Waals surface area (Å²) in [5, 5.41) is 3.46. The van der Waals surface area contributed by atoms with Gasteiger partial charge in [0.25, 0.3) is 0 Å². The lowest BCUT2D eigenvalue weighted by Gasteiger charge is -2.16. The molecular weight excluding hydrogens is 258 g/mol. The summed E-state index contributed by atoms with van der Waals surface area (Å²) < 4.78 is 10.7. The number of halogens is 1. The van der Waals surface area contributed by atoms with Crippen LogP contribution in [0.25, 0.3) is 0 Å². The minimum absolute atomic E-state index is 0.396. The van der Waals surface area contributed by atoms with Crippen molar-refractivity contribution < 1.29 is 9.47 Å². The third kappa shape index (κ3) is 2.64. The Bertz CT molecular complexity index is 369. The molecule has 17 heavy (non-hydrogen) atoms. The first-order valence-corrected chi connectivity index (χ1v) is 7.22. The molecule has 2 rings (SSSR count). The molecule has 0 aliphatic carbocycles. The summed E-state index contributed by atoms with van der Waals surface area (Å²) in [6, 6.07) is 4.47. The molecule has 0 saturated carbocycles. The molecule has 0 radical (unpaired) electrons. The first-order chi connectivity index (χ1) is 8.30. The number of hydrogen-bond acceptors (Lipinski definition) is 4. The van der Waals surface area contributed by atoms with E-state index in [-0.39, 0.29) is 0 Å². The third-order valence-electron chi connectivity index (χ3n) is 3.02. The van der Waals surface area contributed by atoms with E-state index in [0.717, 1.165) is 40.3 Å². The van der Waals surface area contributed by atoms with E-state index in [1.807, 2.05) is 12.1 Å². The van der Waals surface area contributed by atoms with Gasteiger partial charge in [-0.1, -0.05) is 0 Å². The summed E-state index contributed by atoms with van der Waals surface area (Å²) in [6.45, 7) is 1.07. The van der Waals surface area contributed by atoms with Crippen molar-refractivity contribution in [3.05, 3.63) is 17.7 Å². The normalized spacial score (nSPS) is 19.4. The quantitative estimate of drug-likeness (QED) is 0.911. The minimum atomic E-state index is 0.396. The van der Waals surface area contributed by atoms with E-state index in [2.05, 4.69) is 5.32 Å². The molecule has 1 unspecified atom stereocenters. The van der Waals surface area contributed by atoms with E-state index in [9.17, 15) is 0 Å². The summed E-state index contributed by atoms with van der Waals surface area (Å²) in [5.74, 6) is 1.54. The van der Waals surface area contributed by atoms with Crippen LogP contribution < -0.4 is 14.8 Å². The number of rotatable bonds is 4. The molecule has 1 saturated heterocycles. The summed E-state index contributed by atoms with van der Waals surface area (Å²) in [6.07, 6.45) is 2.36. The summed E-state index contributed by atoms with van der Waals surface area (Å²) in [7, 11) is 10.3. The highest BCUT2D eigenvalue weighted by molar-refractivity contribution is 8.21. The number of hydrogen-bond donors (Lipinski definition) is 1. The molecular formula is C12H16ClNO2S. The van der Waals surface area contributed by atoms with Crippen LogP contribution in [0, 0.1) is 0 Å². The van der Waals surface area contributed by atoms with E-state index in [0.29, 0.717) is 6.04 Å². The Morgan fingerprint density at radius 1 is 1.29 bits per heavy atom. The lowest BCUT2D eigenvalue weighted by Crippen LogP contribution is -2.13. The molecule has 1 aromatic rings. The second-order valence-electron chi connectivity index (χ2n) is 3.98. The topological polar surface area (TPSA) is 30.5 Å². The molecule has 5 heteroatoms. The van der Waals surface area contributed by atoms with Crippen LogP contribution in [0.5, 0.6) is 11.5 Å². The van der Waals surface area contributed by atoms with Crippen molar-refractivity contribution >= 4 is 21.7 Å². The van der Waals surface area contributed by atoms with Crippen LogP contribution in [0.4, 0.5) is 0 Å². The maximum absolute atomic E-state index is 5.85. The molecule has 1 aromatic carbocycles. The van der Waals surface area contributed by atoms with E-state index in [4.69, 9.17) is 20.2 Å². The molecule has 0 spiro atoms. The van der Waals surface area contributed by atoms with Crippen molar-refractivity contribution in [1.82, 2.24) is 5.32 Å². The van der Waals surface area contributed by atoms with Gasteiger partial charge in [-0.25, -0.2) is 0 Å². The minimum Gasteiger partial charge on any atom is -0.495 e. The van der Waals surface area contributed by atoms with Gasteiger partial charge in [0, 0.05) is 6.04 Å². The zero-order chi connectivity index (χ0) is 12.3. The summed E-state index contributed by atoms with van der Waals surface area (Å²) >= 11 is 0. The third-order valence-corrected chi connectivity index (χ3v) is 4.04. The second kappa shape index (κ2) is 5.85. The summed E-state index contributed by atoms with van der Waals surface area (Å²) in [4.78, 5) is 0.832. The maximum atomic E-state index is 5.85. The van der Waals surface area contributed by atoms with E-state index < -0.39 is 0 Å². The largest absolute Gasteiger partial charge is 0.495 e. The maximum Gasteiger partial charge on any atom is 0.137 e. The smallest absolute Gasteiger partial charge is 0.137 e. The fourth-order valence-electron chi connectivity index (χ4n) is 2.15. The monoisotopic (exact) mass is 273 g/mol. The van der Waals surface area contributed by atoms with Gasteiger partial charge >= 0.3 is 0 Å². The average Bonchev–Trinajstić information content (AvgIpc) is 2.90. The Morgan fingerprint density at radius 3 is 2.35 bits per heavy atom. The Hall–Kier alpha value is -0.580. The van der Waals surface area contributed by atoms with E-state index in [1.165, 1.54) is 12.0 Å². The van der Waals surface area contributed by atoms with Crippen molar-refractivity contribution in [2.45, 2.75) is 23.8 Å². The highest BCUT2D eigenvalue weighted by atomic mass is 35.7. The molecule has 1 aliphatic heterocycles. The number of methoxy groups -OCH3 is 2. The number of nitrogens with one attached hydrogen (secondary N) is 1. The SMILES string of the molecule is COc1cc(C2CCCN2)cc(OC)c1SCl. The average molecular weight is 274 g/mol. The van der Waals surface area contributed by atoms with Crippen molar-refractivity contribution in [2.24, 2.45) is 0 Å². The van der Waals surface area contributed by atoms with Crippen molar-refractivity contribution in [1.29, 1.82) is 0 Å². The van der Waals surface area contributed by atoms with Crippen LogP contribution in [-0.2, 0) is 0 Å². The van der Waals surface area contributed by atoms with Crippen LogP contribution in [0.3, 0.4) is 0 Å². The van der Waals surface area contributed by atoms with Crippen molar-refractivity contribution in [3.8, 4) is 11.5 Å². The highest BCUT2D eigenvalue weighted by Crippen LogP contribution is 2.42. The van der Waals surface area contributed by atoms with Crippen LogP contribution in [0.1, 0.15) is 24.4 Å². The van der Waals surface area contributed by atoms with Gasteiger partial charge in [0.2, 0.25) is 0 Å². The van der Waals surface area contributed by atoms with Gasteiger partial charge in [0.15, 0.2) is 0 Å². The predicted molar refractivity (Wildman–Crippen MR) is 71.2 cm³/mol. The first kappa shape index (κ1) is 12.9. The van der Waals surface area contributed by atoms with Crippen molar-refractivity contribution in [3.63, 3.8) is 0 Å². The lowest BCUT2D eigenvalue weighted by molar-refractivity contribution is 0.374. The molecule has 1 fully saturated rings. The molecule has 1 heterocycles.